The van der Waals surface area contributed by atoms with Gasteiger partial charge in [0.25, 0.3) is 0 Å². The summed E-state index contributed by atoms with van der Waals surface area (Å²) < 4.78 is 10.7. The lowest BCUT2D eigenvalue weighted by molar-refractivity contribution is 0.356. The molecule has 0 amide bonds. The van der Waals surface area contributed by atoms with Crippen molar-refractivity contribution in [2.75, 3.05) is 14.2 Å². The summed E-state index contributed by atoms with van der Waals surface area (Å²) in [5, 5.41) is 1.23. The van der Waals surface area contributed by atoms with Crippen LogP contribution in [0.2, 0.25) is 0 Å². The number of nitrogens with one attached hydrogen (secondary N) is 1. The molecule has 0 saturated heterocycles. The molecule has 88 valence electrons. The fourth-order valence-electron chi connectivity index (χ4n) is 2.47. The van der Waals surface area contributed by atoms with Crippen LogP contribution in [-0.2, 0) is 12.8 Å². The minimum Gasteiger partial charge on any atom is -0.493 e. The van der Waals surface area contributed by atoms with Crippen LogP contribution < -0.4 is 9.47 Å². The first-order chi connectivity index (χ1) is 8.33. The first-order valence-electron chi connectivity index (χ1n) is 5.79. The SMILES string of the molecule is COc1cc2[nH]c3c(c2cc1OC)C[C]CC3. The molecule has 1 aliphatic rings. The Morgan fingerprint density at radius 1 is 1.18 bits per heavy atom. The highest BCUT2D eigenvalue weighted by Gasteiger charge is 2.17. The molecule has 1 aromatic carbocycles. The van der Waals surface area contributed by atoms with Crippen LogP contribution in [0.15, 0.2) is 12.1 Å². The predicted molar refractivity (Wildman–Crippen MR) is 66.7 cm³/mol. The first-order valence-corrected chi connectivity index (χ1v) is 5.79. The highest BCUT2D eigenvalue weighted by molar-refractivity contribution is 5.88. The summed E-state index contributed by atoms with van der Waals surface area (Å²) >= 11 is 0. The normalized spacial score (nSPS) is 14.7. The van der Waals surface area contributed by atoms with E-state index in [1.165, 1.54) is 16.6 Å². The fourth-order valence-corrected chi connectivity index (χ4v) is 2.47. The average molecular weight is 229 g/mol. The van der Waals surface area contributed by atoms with Gasteiger partial charge in [0.05, 0.1) is 14.2 Å². The van der Waals surface area contributed by atoms with E-state index in [2.05, 4.69) is 17.5 Å². The maximum Gasteiger partial charge on any atom is 0.162 e. The predicted octanol–water partition coefficient (Wildman–Crippen LogP) is 2.76. The van der Waals surface area contributed by atoms with Crippen LogP contribution in [0.4, 0.5) is 0 Å². The third-order valence-corrected chi connectivity index (χ3v) is 3.35. The Morgan fingerprint density at radius 3 is 2.71 bits per heavy atom. The molecule has 3 rings (SSSR count). The van der Waals surface area contributed by atoms with Crippen molar-refractivity contribution >= 4 is 10.9 Å². The summed E-state index contributed by atoms with van der Waals surface area (Å²) in [5.41, 5.74) is 3.80. The van der Waals surface area contributed by atoms with E-state index in [4.69, 9.17) is 9.47 Å². The van der Waals surface area contributed by atoms with Crippen LogP contribution >= 0.6 is 0 Å². The summed E-state index contributed by atoms with van der Waals surface area (Å²) in [4.78, 5) is 3.47. The van der Waals surface area contributed by atoms with Crippen molar-refractivity contribution in [2.24, 2.45) is 0 Å². The van der Waals surface area contributed by atoms with Gasteiger partial charge in [-0.2, -0.15) is 0 Å². The van der Waals surface area contributed by atoms with Gasteiger partial charge in [-0.25, -0.2) is 0 Å². The Labute approximate surface area is 101 Å². The molecule has 3 nitrogen and oxygen atoms in total. The summed E-state index contributed by atoms with van der Waals surface area (Å²) in [6.07, 6.45) is 6.40. The van der Waals surface area contributed by atoms with Gasteiger partial charge in [-0.05, 0) is 37.3 Å². The summed E-state index contributed by atoms with van der Waals surface area (Å²) in [6, 6.07) is 4.06. The van der Waals surface area contributed by atoms with E-state index in [0.717, 1.165) is 36.3 Å². The van der Waals surface area contributed by atoms with E-state index < -0.39 is 0 Å². The van der Waals surface area contributed by atoms with Crippen molar-refractivity contribution in [3.05, 3.63) is 29.8 Å². The molecule has 1 heterocycles. The zero-order valence-electron chi connectivity index (χ0n) is 10.1. The first kappa shape index (κ1) is 10.5. The second-order valence-electron chi connectivity index (χ2n) is 4.26. The Hall–Kier alpha value is -1.64. The van der Waals surface area contributed by atoms with Gasteiger partial charge in [0.1, 0.15) is 0 Å². The fraction of sp³-hybridized carbons (Fsp3) is 0.357. The minimum atomic E-state index is 0.770. The number of benzene rings is 1. The van der Waals surface area contributed by atoms with Gasteiger partial charge in [0, 0.05) is 22.7 Å². The molecular weight excluding hydrogens is 214 g/mol. The monoisotopic (exact) mass is 229 g/mol. The number of rotatable bonds is 2. The highest BCUT2D eigenvalue weighted by Crippen LogP contribution is 2.36. The standard InChI is InChI=1S/C14H15NO2/c1-16-13-7-10-9-5-3-4-6-11(9)15-12(10)8-14(13)17-2/h7-8,15H,4-6H2,1-2H3. The van der Waals surface area contributed by atoms with Gasteiger partial charge in [-0.1, -0.05) is 0 Å². The number of methoxy groups -OCH3 is 2. The number of ether oxygens (including phenoxy) is 2. The van der Waals surface area contributed by atoms with Gasteiger partial charge < -0.3 is 14.5 Å². The van der Waals surface area contributed by atoms with Crippen LogP contribution in [0, 0.1) is 6.42 Å². The van der Waals surface area contributed by atoms with E-state index >= 15 is 0 Å². The van der Waals surface area contributed by atoms with Crippen molar-refractivity contribution in [3.8, 4) is 11.5 Å². The van der Waals surface area contributed by atoms with E-state index in [1.807, 2.05) is 6.07 Å². The molecule has 0 bridgehead atoms. The molecule has 1 aliphatic carbocycles. The Balaban J connectivity index is 2.24. The third kappa shape index (κ3) is 1.57. The van der Waals surface area contributed by atoms with E-state index in [0.29, 0.717) is 0 Å². The van der Waals surface area contributed by atoms with Gasteiger partial charge in [-0.15, -0.1) is 0 Å². The molecule has 0 fully saturated rings. The second kappa shape index (κ2) is 3.99. The number of aromatic amines is 1. The highest BCUT2D eigenvalue weighted by atomic mass is 16.5. The van der Waals surface area contributed by atoms with Crippen molar-refractivity contribution < 1.29 is 9.47 Å². The smallest absolute Gasteiger partial charge is 0.162 e. The maximum absolute atomic E-state index is 5.35. The number of H-pyrrole nitrogens is 1. The molecule has 0 unspecified atom stereocenters. The second-order valence-corrected chi connectivity index (χ2v) is 4.26. The van der Waals surface area contributed by atoms with Crippen LogP contribution in [0.25, 0.3) is 10.9 Å². The average Bonchev–Trinajstić information content (AvgIpc) is 2.74. The Morgan fingerprint density at radius 2 is 1.94 bits per heavy atom. The number of hydrogen-bond donors (Lipinski definition) is 1. The topological polar surface area (TPSA) is 34.2 Å². The molecule has 2 radical (unpaired) electrons. The maximum atomic E-state index is 5.35. The molecule has 0 aliphatic heterocycles. The quantitative estimate of drug-likeness (QED) is 0.859. The van der Waals surface area contributed by atoms with Gasteiger partial charge >= 0.3 is 0 Å². The molecule has 2 aromatic rings. The lowest BCUT2D eigenvalue weighted by Crippen LogP contribution is -2.00. The van der Waals surface area contributed by atoms with Crippen molar-refractivity contribution in [2.45, 2.75) is 19.3 Å². The number of fused-ring (bicyclic) bond motifs is 3. The van der Waals surface area contributed by atoms with E-state index in [1.54, 1.807) is 14.2 Å². The van der Waals surface area contributed by atoms with Gasteiger partial charge in [0.15, 0.2) is 11.5 Å². The van der Waals surface area contributed by atoms with E-state index in [-0.39, 0.29) is 0 Å². The van der Waals surface area contributed by atoms with Crippen LogP contribution in [0.3, 0.4) is 0 Å². The zero-order chi connectivity index (χ0) is 11.8. The molecule has 17 heavy (non-hydrogen) atoms. The van der Waals surface area contributed by atoms with Crippen LogP contribution in [-0.4, -0.2) is 19.2 Å². The molecule has 0 atom stereocenters. The Bertz CT molecular complexity index is 557. The van der Waals surface area contributed by atoms with Crippen LogP contribution in [0.1, 0.15) is 17.7 Å². The molecule has 1 aromatic heterocycles. The zero-order valence-corrected chi connectivity index (χ0v) is 10.1. The largest absolute Gasteiger partial charge is 0.493 e. The van der Waals surface area contributed by atoms with Crippen LogP contribution in [0.5, 0.6) is 11.5 Å². The van der Waals surface area contributed by atoms with Crippen molar-refractivity contribution in [1.29, 1.82) is 0 Å². The van der Waals surface area contributed by atoms with Gasteiger partial charge in [-0.3, -0.25) is 0 Å². The molecule has 1 N–H and O–H groups in total. The van der Waals surface area contributed by atoms with Gasteiger partial charge in [0.2, 0.25) is 0 Å². The number of hydrogen-bond acceptors (Lipinski definition) is 2. The summed E-state index contributed by atoms with van der Waals surface area (Å²) in [5.74, 6) is 1.55. The number of aromatic nitrogens is 1. The minimum absolute atomic E-state index is 0.770. The summed E-state index contributed by atoms with van der Waals surface area (Å²) in [6.45, 7) is 0. The third-order valence-electron chi connectivity index (χ3n) is 3.35. The van der Waals surface area contributed by atoms with Crippen molar-refractivity contribution in [1.82, 2.24) is 4.98 Å². The summed E-state index contributed by atoms with van der Waals surface area (Å²) in [7, 11) is 3.33. The van der Waals surface area contributed by atoms with E-state index in [9.17, 15) is 0 Å². The molecular formula is C14H15NO2. The Kier molecular flexibility index (Phi) is 2.46. The van der Waals surface area contributed by atoms with Crippen molar-refractivity contribution in [3.63, 3.8) is 0 Å². The lowest BCUT2D eigenvalue weighted by Gasteiger charge is -2.10. The number of aryl methyl sites for hydroxylation is 1. The molecule has 0 spiro atoms. The lowest BCUT2D eigenvalue weighted by atomic mass is 9.95. The molecule has 0 saturated carbocycles. The molecule has 3 heteroatoms.